The van der Waals surface area contributed by atoms with Gasteiger partial charge in [0.2, 0.25) is 5.91 Å². The van der Waals surface area contributed by atoms with Crippen LogP contribution in [0.15, 0.2) is 61.4 Å². The van der Waals surface area contributed by atoms with Crippen molar-refractivity contribution in [1.29, 1.82) is 0 Å². The van der Waals surface area contributed by atoms with Gasteiger partial charge in [0.05, 0.1) is 6.33 Å². The van der Waals surface area contributed by atoms with E-state index in [9.17, 15) is 4.79 Å². The molecular formula is C16H17N5O. The lowest BCUT2D eigenvalue weighted by molar-refractivity contribution is -0.122. The van der Waals surface area contributed by atoms with E-state index in [1.807, 2.05) is 22.9 Å². The van der Waals surface area contributed by atoms with Crippen LogP contribution in [-0.4, -0.2) is 25.2 Å². The SMILES string of the molecule is O=C(Cn1cccn1)NCc1ccc(Cn2ccnc2)cc1. The summed E-state index contributed by atoms with van der Waals surface area (Å²) in [6.45, 7) is 1.56. The monoisotopic (exact) mass is 295 g/mol. The van der Waals surface area contributed by atoms with Gasteiger partial charge in [-0.05, 0) is 17.2 Å². The number of imidazole rings is 1. The van der Waals surface area contributed by atoms with Crippen LogP contribution in [-0.2, 0) is 24.4 Å². The number of rotatable bonds is 6. The number of carbonyl (C=O) groups excluding carboxylic acids is 1. The van der Waals surface area contributed by atoms with Crippen LogP contribution < -0.4 is 5.32 Å². The van der Waals surface area contributed by atoms with Crippen LogP contribution in [0.2, 0.25) is 0 Å². The average molecular weight is 295 g/mol. The highest BCUT2D eigenvalue weighted by atomic mass is 16.2. The van der Waals surface area contributed by atoms with Crippen molar-refractivity contribution in [3.05, 3.63) is 72.6 Å². The van der Waals surface area contributed by atoms with Gasteiger partial charge in [-0.3, -0.25) is 9.48 Å². The molecule has 0 spiro atoms. The first-order chi connectivity index (χ1) is 10.8. The number of aromatic nitrogens is 4. The lowest BCUT2D eigenvalue weighted by Crippen LogP contribution is -2.27. The molecule has 22 heavy (non-hydrogen) atoms. The summed E-state index contributed by atoms with van der Waals surface area (Å²) in [7, 11) is 0. The molecule has 0 unspecified atom stereocenters. The first kappa shape index (κ1) is 14.1. The van der Waals surface area contributed by atoms with Crippen LogP contribution >= 0.6 is 0 Å². The van der Waals surface area contributed by atoms with E-state index in [1.54, 1.807) is 35.7 Å². The van der Waals surface area contributed by atoms with Gasteiger partial charge in [-0.15, -0.1) is 0 Å². The van der Waals surface area contributed by atoms with Gasteiger partial charge >= 0.3 is 0 Å². The Morgan fingerprint density at radius 2 is 1.91 bits per heavy atom. The second-order valence-electron chi connectivity index (χ2n) is 5.03. The number of hydrogen-bond acceptors (Lipinski definition) is 3. The van der Waals surface area contributed by atoms with Gasteiger partial charge in [0, 0.05) is 37.9 Å². The number of carbonyl (C=O) groups is 1. The Morgan fingerprint density at radius 3 is 2.59 bits per heavy atom. The number of nitrogens with zero attached hydrogens (tertiary/aromatic N) is 4. The Morgan fingerprint density at radius 1 is 1.09 bits per heavy atom. The first-order valence-electron chi connectivity index (χ1n) is 7.07. The smallest absolute Gasteiger partial charge is 0.241 e. The molecule has 3 rings (SSSR count). The Bertz CT molecular complexity index is 702. The van der Waals surface area contributed by atoms with Crippen LogP contribution in [0.1, 0.15) is 11.1 Å². The van der Waals surface area contributed by atoms with Crippen LogP contribution in [0.25, 0.3) is 0 Å². The summed E-state index contributed by atoms with van der Waals surface area (Å²) in [4.78, 5) is 15.8. The Hall–Kier alpha value is -2.89. The van der Waals surface area contributed by atoms with E-state index >= 15 is 0 Å². The van der Waals surface area contributed by atoms with Gasteiger partial charge in [-0.2, -0.15) is 5.10 Å². The van der Waals surface area contributed by atoms with E-state index in [1.165, 1.54) is 5.56 Å². The third-order valence-electron chi connectivity index (χ3n) is 3.30. The first-order valence-corrected chi connectivity index (χ1v) is 7.07. The highest BCUT2D eigenvalue weighted by molar-refractivity contribution is 5.75. The lowest BCUT2D eigenvalue weighted by atomic mass is 10.1. The van der Waals surface area contributed by atoms with Gasteiger partial charge in [0.25, 0.3) is 0 Å². The summed E-state index contributed by atoms with van der Waals surface area (Å²) in [5.74, 6) is -0.0498. The van der Waals surface area contributed by atoms with Crippen molar-refractivity contribution in [3.8, 4) is 0 Å². The van der Waals surface area contributed by atoms with Crippen molar-refractivity contribution < 1.29 is 4.79 Å². The molecule has 1 amide bonds. The van der Waals surface area contributed by atoms with Gasteiger partial charge in [0.15, 0.2) is 0 Å². The molecule has 0 fully saturated rings. The molecule has 1 N–H and O–H groups in total. The normalized spacial score (nSPS) is 10.5. The van der Waals surface area contributed by atoms with E-state index in [4.69, 9.17) is 0 Å². The molecule has 0 saturated carbocycles. The number of nitrogens with one attached hydrogen (secondary N) is 1. The molecule has 0 saturated heterocycles. The minimum Gasteiger partial charge on any atom is -0.350 e. The fourth-order valence-corrected chi connectivity index (χ4v) is 2.15. The van der Waals surface area contributed by atoms with Crippen LogP contribution in [0.4, 0.5) is 0 Å². The topological polar surface area (TPSA) is 64.7 Å². The van der Waals surface area contributed by atoms with Crippen LogP contribution in [0.3, 0.4) is 0 Å². The highest BCUT2D eigenvalue weighted by Crippen LogP contribution is 2.06. The molecule has 0 aliphatic carbocycles. The predicted molar refractivity (Wildman–Crippen MR) is 81.8 cm³/mol. The van der Waals surface area contributed by atoms with E-state index in [-0.39, 0.29) is 12.5 Å². The standard InChI is InChI=1S/C16H17N5O/c22-16(12-21-8-1-6-19-21)18-10-14-2-4-15(5-3-14)11-20-9-7-17-13-20/h1-9,13H,10-12H2,(H,18,22). The summed E-state index contributed by atoms with van der Waals surface area (Å²) in [6, 6.07) is 9.98. The maximum absolute atomic E-state index is 11.8. The fraction of sp³-hybridized carbons (Fsp3) is 0.188. The summed E-state index contributed by atoms with van der Waals surface area (Å²) >= 11 is 0. The minimum atomic E-state index is -0.0498. The molecule has 3 aromatic rings. The van der Waals surface area contributed by atoms with Crippen molar-refractivity contribution in [2.75, 3.05) is 0 Å². The summed E-state index contributed by atoms with van der Waals surface area (Å²) in [6.07, 6.45) is 8.92. The van der Waals surface area contributed by atoms with Crippen molar-refractivity contribution >= 4 is 5.91 Å². The highest BCUT2D eigenvalue weighted by Gasteiger charge is 2.03. The molecule has 0 aliphatic rings. The van der Waals surface area contributed by atoms with Gasteiger partial charge in [-0.25, -0.2) is 4.98 Å². The van der Waals surface area contributed by atoms with Crippen LogP contribution in [0, 0.1) is 0 Å². The zero-order valence-corrected chi connectivity index (χ0v) is 12.1. The summed E-state index contributed by atoms with van der Waals surface area (Å²) in [5.41, 5.74) is 2.27. The zero-order valence-electron chi connectivity index (χ0n) is 12.1. The molecule has 2 heterocycles. The molecule has 1 aromatic carbocycles. The quantitative estimate of drug-likeness (QED) is 0.748. The van der Waals surface area contributed by atoms with Crippen molar-refractivity contribution in [1.82, 2.24) is 24.6 Å². The third-order valence-corrected chi connectivity index (χ3v) is 3.30. The van der Waals surface area contributed by atoms with Gasteiger partial charge < -0.3 is 9.88 Å². The van der Waals surface area contributed by atoms with E-state index in [0.29, 0.717) is 6.54 Å². The predicted octanol–water partition coefficient (Wildman–Crippen LogP) is 1.44. The van der Waals surface area contributed by atoms with Crippen molar-refractivity contribution in [2.24, 2.45) is 0 Å². The summed E-state index contributed by atoms with van der Waals surface area (Å²) in [5, 5.41) is 6.89. The molecule has 0 bridgehead atoms. The largest absolute Gasteiger partial charge is 0.350 e. The third kappa shape index (κ3) is 3.82. The van der Waals surface area contributed by atoms with E-state index in [0.717, 1.165) is 12.1 Å². The van der Waals surface area contributed by atoms with E-state index in [2.05, 4.69) is 27.5 Å². The molecule has 2 aromatic heterocycles. The maximum Gasteiger partial charge on any atom is 0.241 e. The minimum absolute atomic E-state index is 0.0498. The Kier molecular flexibility index (Phi) is 4.29. The van der Waals surface area contributed by atoms with Gasteiger partial charge in [0.1, 0.15) is 6.54 Å². The van der Waals surface area contributed by atoms with Crippen molar-refractivity contribution in [3.63, 3.8) is 0 Å². The fourth-order valence-electron chi connectivity index (χ4n) is 2.15. The summed E-state index contributed by atoms with van der Waals surface area (Å²) < 4.78 is 3.62. The maximum atomic E-state index is 11.8. The molecule has 6 heteroatoms. The lowest BCUT2D eigenvalue weighted by Gasteiger charge is -2.07. The zero-order chi connectivity index (χ0) is 15.2. The average Bonchev–Trinajstić information content (AvgIpc) is 3.20. The second-order valence-corrected chi connectivity index (χ2v) is 5.03. The molecule has 0 atom stereocenters. The Balaban J connectivity index is 1.49. The molecule has 112 valence electrons. The molecule has 6 nitrogen and oxygen atoms in total. The second kappa shape index (κ2) is 6.71. The molecule has 0 aliphatic heterocycles. The molecular weight excluding hydrogens is 278 g/mol. The molecule has 0 radical (unpaired) electrons. The number of amides is 1. The Labute approximate surface area is 128 Å². The van der Waals surface area contributed by atoms with Crippen molar-refractivity contribution in [2.45, 2.75) is 19.6 Å². The van der Waals surface area contributed by atoms with Crippen LogP contribution in [0.5, 0.6) is 0 Å². The number of benzene rings is 1. The number of hydrogen-bond donors (Lipinski definition) is 1. The van der Waals surface area contributed by atoms with Gasteiger partial charge in [-0.1, -0.05) is 24.3 Å². The van der Waals surface area contributed by atoms with E-state index < -0.39 is 0 Å².